The molecule has 114 valence electrons. The van der Waals surface area contributed by atoms with Crippen LogP contribution in [-0.4, -0.2) is 26.9 Å². The highest BCUT2D eigenvalue weighted by Gasteiger charge is 2.15. The molecule has 0 bridgehead atoms. The number of carbonyl (C=O) groups is 1. The van der Waals surface area contributed by atoms with Crippen LogP contribution in [0.1, 0.15) is 42.6 Å². The van der Waals surface area contributed by atoms with E-state index in [1.54, 1.807) is 30.6 Å². The van der Waals surface area contributed by atoms with Crippen LogP contribution < -0.4 is 10.6 Å². The molecule has 3 rings (SSSR count). The number of aromatic nitrogens is 3. The summed E-state index contributed by atoms with van der Waals surface area (Å²) in [7, 11) is 0. The summed E-state index contributed by atoms with van der Waals surface area (Å²) in [6, 6.07) is 5.62. The van der Waals surface area contributed by atoms with E-state index in [2.05, 4.69) is 25.6 Å². The van der Waals surface area contributed by atoms with Crippen molar-refractivity contribution in [3.63, 3.8) is 0 Å². The van der Waals surface area contributed by atoms with Gasteiger partial charge in [-0.25, -0.2) is 9.97 Å². The van der Waals surface area contributed by atoms with Crippen LogP contribution in [0.2, 0.25) is 0 Å². The molecule has 6 nitrogen and oxygen atoms in total. The first kappa shape index (κ1) is 14.4. The molecule has 0 unspecified atom stereocenters. The number of rotatable bonds is 4. The Morgan fingerprint density at radius 1 is 1.09 bits per heavy atom. The summed E-state index contributed by atoms with van der Waals surface area (Å²) >= 11 is 0. The molecule has 1 saturated carbocycles. The minimum absolute atomic E-state index is 0.250. The lowest BCUT2D eigenvalue weighted by Gasteiger charge is -2.23. The van der Waals surface area contributed by atoms with Crippen molar-refractivity contribution >= 4 is 17.4 Å². The fraction of sp³-hybridized carbons (Fsp3) is 0.375. The van der Waals surface area contributed by atoms with Crippen LogP contribution in [0, 0.1) is 0 Å². The van der Waals surface area contributed by atoms with Gasteiger partial charge in [0.05, 0.1) is 0 Å². The lowest BCUT2D eigenvalue weighted by atomic mass is 9.95. The van der Waals surface area contributed by atoms with E-state index in [-0.39, 0.29) is 5.91 Å². The highest BCUT2D eigenvalue weighted by Crippen LogP contribution is 2.20. The van der Waals surface area contributed by atoms with E-state index in [4.69, 9.17) is 0 Å². The van der Waals surface area contributed by atoms with Gasteiger partial charge in [-0.2, -0.15) is 0 Å². The quantitative estimate of drug-likeness (QED) is 0.907. The Morgan fingerprint density at radius 2 is 1.86 bits per heavy atom. The van der Waals surface area contributed by atoms with Gasteiger partial charge in [-0.1, -0.05) is 19.3 Å². The summed E-state index contributed by atoms with van der Waals surface area (Å²) in [6.45, 7) is 0. The topological polar surface area (TPSA) is 79.8 Å². The van der Waals surface area contributed by atoms with Crippen LogP contribution in [-0.2, 0) is 0 Å². The van der Waals surface area contributed by atoms with E-state index >= 15 is 0 Å². The molecule has 0 atom stereocenters. The standard InChI is InChI=1S/C16H19N5O/c22-16(21-13-6-8-17-9-7-13)14-10-15(19-11-18-14)20-12-4-2-1-3-5-12/h6-12H,1-5H2,(H,17,21,22)(H,18,19,20). The minimum Gasteiger partial charge on any atom is -0.367 e. The fourth-order valence-corrected chi connectivity index (χ4v) is 2.65. The molecule has 0 radical (unpaired) electrons. The number of anilines is 2. The van der Waals surface area contributed by atoms with E-state index in [9.17, 15) is 4.79 Å². The number of pyridine rings is 1. The maximum Gasteiger partial charge on any atom is 0.274 e. The van der Waals surface area contributed by atoms with E-state index in [0.29, 0.717) is 23.2 Å². The first-order valence-electron chi connectivity index (χ1n) is 7.61. The zero-order valence-corrected chi connectivity index (χ0v) is 12.3. The Balaban J connectivity index is 1.66. The van der Waals surface area contributed by atoms with Crippen LogP contribution in [0.3, 0.4) is 0 Å². The summed E-state index contributed by atoms with van der Waals surface area (Å²) in [5, 5.41) is 6.19. The van der Waals surface area contributed by atoms with Crippen molar-refractivity contribution < 1.29 is 4.79 Å². The lowest BCUT2D eigenvalue weighted by molar-refractivity contribution is 0.102. The van der Waals surface area contributed by atoms with Gasteiger partial charge in [0.15, 0.2) is 0 Å². The van der Waals surface area contributed by atoms with Crippen molar-refractivity contribution in [3.8, 4) is 0 Å². The fourth-order valence-electron chi connectivity index (χ4n) is 2.65. The first-order valence-corrected chi connectivity index (χ1v) is 7.61. The summed E-state index contributed by atoms with van der Waals surface area (Å²) in [5.74, 6) is 0.460. The lowest BCUT2D eigenvalue weighted by Crippen LogP contribution is -2.23. The van der Waals surface area contributed by atoms with Gasteiger partial charge in [0.1, 0.15) is 17.8 Å². The van der Waals surface area contributed by atoms with Crippen LogP contribution in [0.4, 0.5) is 11.5 Å². The highest BCUT2D eigenvalue weighted by atomic mass is 16.1. The van der Waals surface area contributed by atoms with Gasteiger partial charge in [0.25, 0.3) is 5.91 Å². The second kappa shape index (κ2) is 6.98. The van der Waals surface area contributed by atoms with Crippen LogP contribution in [0.5, 0.6) is 0 Å². The number of nitrogens with zero attached hydrogens (tertiary/aromatic N) is 3. The second-order valence-corrected chi connectivity index (χ2v) is 5.46. The maximum absolute atomic E-state index is 12.2. The van der Waals surface area contributed by atoms with Crippen molar-refractivity contribution in [2.24, 2.45) is 0 Å². The zero-order chi connectivity index (χ0) is 15.2. The highest BCUT2D eigenvalue weighted by molar-refractivity contribution is 6.03. The summed E-state index contributed by atoms with van der Waals surface area (Å²) in [6.07, 6.45) is 10.8. The molecular weight excluding hydrogens is 278 g/mol. The predicted octanol–water partition coefficient (Wildman–Crippen LogP) is 2.87. The Kier molecular flexibility index (Phi) is 4.58. The number of carbonyl (C=O) groups excluding carboxylic acids is 1. The molecule has 2 aromatic rings. The predicted molar refractivity (Wildman–Crippen MR) is 84.7 cm³/mol. The van der Waals surface area contributed by atoms with Crippen molar-refractivity contribution in [2.75, 3.05) is 10.6 Å². The third-order valence-corrected chi connectivity index (χ3v) is 3.80. The van der Waals surface area contributed by atoms with Crippen molar-refractivity contribution in [2.45, 2.75) is 38.1 Å². The maximum atomic E-state index is 12.2. The summed E-state index contributed by atoms with van der Waals surface area (Å²) in [4.78, 5) is 24.4. The van der Waals surface area contributed by atoms with Gasteiger partial charge in [-0.05, 0) is 25.0 Å². The molecule has 1 amide bonds. The number of amides is 1. The third kappa shape index (κ3) is 3.78. The van der Waals surface area contributed by atoms with Crippen LogP contribution >= 0.6 is 0 Å². The van der Waals surface area contributed by atoms with Gasteiger partial charge < -0.3 is 10.6 Å². The number of hydrogen-bond donors (Lipinski definition) is 2. The molecule has 0 aromatic carbocycles. The monoisotopic (exact) mass is 297 g/mol. The van der Waals surface area contributed by atoms with E-state index in [1.807, 2.05) is 0 Å². The Morgan fingerprint density at radius 3 is 2.64 bits per heavy atom. The smallest absolute Gasteiger partial charge is 0.274 e. The summed E-state index contributed by atoms with van der Waals surface area (Å²) in [5.41, 5.74) is 1.05. The van der Waals surface area contributed by atoms with Gasteiger partial charge in [-0.15, -0.1) is 0 Å². The molecule has 1 aliphatic rings. The van der Waals surface area contributed by atoms with Crippen molar-refractivity contribution in [1.82, 2.24) is 15.0 Å². The molecule has 2 N–H and O–H groups in total. The van der Waals surface area contributed by atoms with Gasteiger partial charge in [0.2, 0.25) is 0 Å². The number of hydrogen-bond acceptors (Lipinski definition) is 5. The van der Waals surface area contributed by atoms with Gasteiger partial charge in [0, 0.05) is 30.2 Å². The molecule has 0 saturated heterocycles. The molecular formula is C16H19N5O. The molecule has 22 heavy (non-hydrogen) atoms. The van der Waals surface area contributed by atoms with Crippen LogP contribution in [0.15, 0.2) is 36.9 Å². The molecule has 1 aliphatic carbocycles. The average molecular weight is 297 g/mol. The first-order chi connectivity index (χ1) is 10.8. The summed E-state index contributed by atoms with van der Waals surface area (Å²) < 4.78 is 0. The van der Waals surface area contributed by atoms with Crippen LogP contribution in [0.25, 0.3) is 0 Å². The molecule has 2 aromatic heterocycles. The van der Waals surface area contributed by atoms with E-state index in [1.165, 1.54) is 25.6 Å². The van der Waals surface area contributed by atoms with Gasteiger partial charge in [-0.3, -0.25) is 9.78 Å². The Hall–Kier alpha value is -2.50. The molecule has 1 fully saturated rings. The molecule has 2 heterocycles. The largest absolute Gasteiger partial charge is 0.367 e. The molecule has 0 aliphatic heterocycles. The normalized spacial score (nSPS) is 15.3. The molecule has 6 heteroatoms. The third-order valence-electron chi connectivity index (χ3n) is 3.80. The Bertz CT molecular complexity index is 625. The van der Waals surface area contributed by atoms with E-state index < -0.39 is 0 Å². The van der Waals surface area contributed by atoms with Gasteiger partial charge >= 0.3 is 0 Å². The number of nitrogens with one attached hydrogen (secondary N) is 2. The average Bonchev–Trinajstić information content (AvgIpc) is 2.57. The second-order valence-electron chi connectivity index (χ2n) is 5.46. The Labute approximate surface area is 129 Å². The van der Waals surface area contributed by atoms with E-state index in [0.717, 1.165) is 12.8 Å². The minimum atomic E-state index is -0.250. The zero-order valence-electron chi connectivity index (χ0n) is 12.3. The van der Waals surface area contributed by atoms with Crippen molar-refractivity contribution in [3.05, 3.63) is 42.6 Å². The SMILES string of the molecule is O=C(Nc1ccncc1)c1cc(NC2CCCCC2)ncn1. The molecule has 0 spiro atoms. The van der Waals surface area contributed by atoms with Crippen molar-refractivity contribution in [1.29, 1.82) is 0 Å².